The molecule has 0 unspecified atom stereocenters. The van der Waals surface area contributed by atoms with Crippen LogP contribution in [-0.2, 0) is 4.79 Å². The van der Waals surface area contributed by atoms with E-state index < -0.39 is 5.97 Å². The van der Waals surface area contributed by atoms with Gasteiger partial charge in [-0.15, -0.1) is 5.10 Å². The Bertz CT molecular complexity index is 1080. The second-order valence-electron chi connectivity index (χ2n) is 5.62. The fraction of sp³-hybridized carbons (Fsp3) is 0.0556. The van der Waals surface area contributed by atoms with Crippen LogP contribution in [0.25, 0.3) is 17.5 Å². The van der Waals surface area contributed by atoms with Crippen molar-refractivity contribution in [1.82, 2.24) is 15.2 Å². The number of H-pyrrole nitrogens is 1. The molecule has 0 saturated heterocycles. The summed E-state index contributed by atoms with van der Waals surface area (Å²) >= 11 is 10.3. The number of nitrogens with zero attached hydrogens (tertiary/aromatic N) is 2. The molecule has 2 aromatic carbocycles. The molecule has 4 rings (SSSR count). The van der Waals surface area contributed by atoms with E-state index in [0.717, 1.165) is 17.3 Å². The Kier molecular flexibility index (Phi) is 5.29. The predicted molar refractivity (Wildman–Crippen MR) is 109 cm³/mol. The Morgan fingerprint density at radius 1 is 1.25 bits per heavy atom. The predicted octanol–water partition coefficient (Wildman–Crippen LogP) is 4.83. The number of carbonyl (C=O) groups is 1. The number of ether oxygens (including phenoxy) is 2. The molecule has 0 atom stereocenters. The first-order valence-corrected chi connectivity index (χ1v) is 9.88. The van der Waals surface area contributed by atoms with Gasteiger partial charge in [0.05, 0.1) is 0 Å². The van der Waals surface area contributed by atoms with Crippen LogP contribution in [0.2, 0.25) is 5.02 Å². The molecule has 2 N–H and O–H groups in total. The number of benzene rings is 2. The minimum Gasteiger partial charge on any atom is -0.477 e. The lowest BCUT2D eigenvalue weighted by Crippen LogP contribution is -1.97. The zero-order valence-electron chi connectivity index (χ0n) is 14.0. The summed E-state index contributed by atoms with van der Waals surface area (Å²) in [5, 5.41) is 17.4. The van der Waals surface area contributed by atoms with Gasteiger partial charge < -0.3 is 14.6 Å². The number of hydrogen-bond donors (Lipinski definition) is 2. The number of aliphatic carboxylic acids is 1. The Hall–Kier alpha value is -2.49. The van der Waals surface area contributed by atoms with Crippen LogP contribution in [0.1, 0.15) is 5.56 Å². The molecule has 0 amide bonds. The van der Waals surface area contributed by atoms with Crippen LogP contribution in [0.5, 0.6) is 11.5 Å². The number of aromatic amines is 1. The number of carboxylic acids is 1. The van der Waals surface area contributed by atoms with Crippen LogP contribution in [0.15, 0.2) is 50.9 Å². The van der Waals surface area contributed by atoms with Crippen molar-refractivity contribution in [3.8, 4) is 22.9 Å². The van der Waals surface area contributed by atoms with Gasteiger partial charge in [-0.05, 0) is 59.8 Å². The van der Waals surface area contributed by atoms with Gasteiger partial charge in [-0.3, -0.25) is 5.10 Å². The van der Waals surface area contributed by atoms with E-state index in [9.17, 15) is 9.90 Å². The van der Waals surface area contributed by atoms with E-state index in [2.05, 4.69) is 31.1 Å². The van der Waals surface area contributed by atoms with Gasteiger partial charge in [0, 0.05) is 15.1 Å². The first-order valence-electron chi connectivity index (χ1n) is 7.90. The van der Waals surface area contributed by atoms with Crippen molar-refractivity contribution in [1.29, 1.82) is 0 Å². The highest BCUT2D eigenvalue weighted by atomic mass is 79.9. The summed E-state index contributed by atoms with van der Waals surface area (Å²) in [4.78, 5) is 16.1. The first-order chi connectivity index (χ1) is 13.5. The molecule has 28 heavy (non-hydrogen) atoms. The van der Waals surface area contributed by atoms with Gasteiger partial charge in [-0.2, -0.15) is 0 Å². The molecular formula is C18H11BrClN3O4S. The SMILES string of the molecule is O=C(O)/C(=C/c1cc2c(cc1Br)OCO2)Sc1n[nH]c(-c2ccc(Cl)cc2)n1. The average Bonchev–Trinajstić information content (AvgIpc) is 3.31. The fourth-order valence-electron chi connectivity index (χ4n) is 2.45. The topological polar surface area (TPSA) is 97.3 Å². The third-order valence-corrected chi connectivity index (χ3v) is 5.59. The Labute approximate surface area is 176 Å². The summed E-state index contributed by atoms with van der Waals surface area (Å²) in [6.45, 7) is 0.139. The second-order valence-corrected chi connectivity index (χ2v) is 7.92. The van der Waals surface area contributed by atoms with E-state index in [0.29, 0.717) is 32.4 Å². The van der Waals surface area contributed by atoms with Gasteiger partial charge >= 0.3 is 5.97 Å². The van der Waals surface area contributed by atoms with Gasteiger partial charge in [0.1, 0.15) is 4.91 Å². The summed E-state index contributed by atoms with van der Waals surface area (Å²) in [5.74, 6) is 0.600. The number of fused-ring (bicyclic) bond motifs is 1. The highest BCUT2D eigenvalue weighted by molar-refractivity contribution is 9.10. The third-order valence-electron chi connectivity index (χ3n) is 3.77. The molecule has 0 spiro atoms. The van der Waals surface area contributed by atoms with Crippen LogP contribution in [-0.4, -0.2) is 33.1 Å². The molecule has 142 valence electrons. The van der Waals surface area contributed by atoms with E-state index in [1.54, 1.807) is 36.4 Å². The molecule has 0 radical (unpaired) electrons. The lowest BCUT2D eigenvalue weighted by molar-refractivity contribution is -0.131. The monoisotopic (exact) mass is 479 g/mol. The van der Waals surface area contributed by atoms with Crippen LogP contribution >= 0.6 is 39.3 Å². The summed E-state index contributed by atoms with van der Waals surface area (Å²) in [5.41, 5.74) is 1.44. The van der Waals surface area contributed by atoms with Crippen molar-refractivity contribution in [3.05, 3.63) is 56.4 Å². The number of aromatic nitrogens is 3. The standard InChI is InChI=1S/C18H11BrClN3O4S/c19-12-7-14-13(26-8-27-14)5-10(12)6-15(17(24)25)28-18-21-16(22-23-18)9-1-3-11(20)4-2-9/h1-7H,8H2,(H,24,25)(H,21,22,23)/b15-6-. The van der Waals surface area contributed by atoms with E-state index >= 15 is 0 Å². The molecule has 1 aliphatic rings. The van der Waals surface area contributed by atoms with E-state index in [1.165, 1.54) is 6.08 Å². The number of hydrogen-bond acceptors (Lipinski definition) is 6. The Balaban J connectivity index is 1.61. The number of carboxylic acid groups (broad SMARTS) is 1. The van der Waals surface area contributed by atoms with Crippen LogP contribution in [0, 0.1) is 0 Å². The molecule has 1 aliphatic heterocycles. The summed E-state index contributed by atoms with van der Waals surface area (Å²) < 4.78 is 11.3. The van der Waals surface area contributed by atoms with Crippen molar-refractivity contribution in [2.45, 2.75) is 5.16 Å². The van der Waals surface area contributed by atoms with E-state index in [1.807, 2.05) is 0 Å². The fourth-order valence-corrected chi connectivity index (χ4v) is 3.71. The Morgan fingerprint density at radius 3 is 2.68 bits per heavy atom. The van der Waals surface area contributed by atoms with Crippen LogP contribution in [0.3, 0.4) is 0 Å². The summed E-state index contributed by atoms with van der Waals surface area (Å²) in [6, 6.07) is 10.5. The zero-order valence-corrected chi connectivity index (χ0v) is 17.1. The van der Waals surface area contributed by atoms with Crippen LogP contribution in [0.4, 0.5) is 0 Å². The highest BCUT2D eigenvalue weighted by Gasteiger charge is 2.19. The molecular weight excluding hydrogens is 470 g/mol. The number of halogens is 2. The van der Waals surface area contributed by atoms with Gasteiger partial charge in [-0.25, -0.2) is 9.78 Å². The molecule has 0 fully saturated rings. The van der Waals surface area contributed by atoms with Gasteiger partial charge in [0.25, 0.3) is 0 Å². The van der Waals surface area contributed by atoms with Crippen molar-refractivity contribution in [2.75, 3.05) is 6.79 Å². The number of thioether (sulfide) groups is 1. The van der Waals surface area contributed by atoms with E-state index in [4.69, 9.17) is 21.1 Å². The lowest BCUT2D eigenvalue weighted by Gasteiger charge is -2.04. The first kappa shape index (κ1) is 18.9. The molecule has 1 aromatic heterocycles. The number of nitrogens with one attached hydrogen (secondary N) is 1. The number of rotatable bonds is 5. The minimum absolute atomic E-state index is 0.0567. The van der Waals surface area contributed by atoms with Gasteiger partial charge in [0.2, 0.25) is 11.9 Å². The molecule has 0 bridgehead atoms. The molecule has 2 heterocycles. The van der Waals surface area contributed by atoms with Crippen molar-refractivity contribution in [3.63, 3.8) is 0 Å². The second kappa shape index (κ2) is 7.86. The maximum Gasteiger partial charge on any atom is 0.342 e. The third kappa shape index (κ3) is 4.01. The largest absolute Gasteiger partial charge is 0.477 e. The molecule has 10 heteroatoms. The van der Waals surface area contributed by atoms with E-state index in [-0.39, 0.29) is 16.9 Å². The molecule has 7 nitrogen and oxygen atoms in total. The van der Waals surface area contributed by atoms with Crippen molar-refractivity contribution < 1.29 is 19.4 Å². The average molecular weight is 481 g/mol. The van der Waals surface area contributed by atoms with Gasteiger partial charge in [0.15, 0.2) is 17.3 Å². The molecule has 3 aromatic rings. The molecule has 0 saturated carbocycles. The highest BCUT2D eigenvalue weighted by Crippen LogP contribution is 2.38. The summed E-state index contributed by atoms with van der Waals surface area (Å²) in [6.07, 6.45) is 1.53. The van der Waals surface area contributed by atoms with Crippen molar-refractivity contribution >= 4 is 51.3 Å². The smallest absolute Gasteiger partial charge is 0.342 e. The molecule has 0 aliphatic carbocycles. The van der Waals surface area contributed by atoms with Gasteiger partial charge in [-0.1, -0.05) is 27.5 Å². The van der Waals surface area contributed by atoms with Crippen LogP contribution < -0.4 is 9.47 Å². The minimum atomic E-state index is -1.09. The Morgan fingerprint density at radius 2 is 1.96 bits per heavy atom. The quantitative estimate of drug-likeness (QED) is 0.398. The summed E-state index contributed by atoms with van der Waals surface area (Å²) in [7, 11) is 0. The maximum absolute atomic E-state index is 11.7. The normalized spacial score (nSPS) is 13.0. The lowest BCUT2D eigenvalue weighted by atomic mass is 10.2. The maximum atomic E-state index is 11.7. The van der Waals surface area contributed by atoms with Crippen molar-refractivity contribution in [2.24, 2.45) is 0 Å². The zero-order chi connectivity index (χ0) is 19.7.